The molecule has 22 heavy (non-hydrogen) atoms. The van der Waals surface area contributed by atoms with Gasteiger partial charge in [0.1, 0.15) is 0 Å². The normalized spacial score (nSPS) is 11.8. The maximum Gasteiger partial charge on any atom is 0.332 e. The number of carbonyl (C=O) groups is 1. The number of nitrogens with one attached hydrogen (secondary N) is 1. The van der Waals surface area contributed by atoms with Crippen molar-refractivity contribution >= 4 is 12.2 Å². The van der Waals surface area contributed by atoms with E-state index in [9.17, 15) is 4.79 Å². The maximum atomic E-state index is 10.7. The van der Waals surface area contributed by atoms with Crippen LogP contribution in [0.1, 0.15) is 38.8 Å². The molecule has 0 bridgehead atoms. The second-order valence-electron chi connectivity index (χ2n) is 6.41. The summed E-state index contributed by atoms with van der Waals surface area (Å²) in [6.45, 7) is 11.9. The maximum absolute atomic E-state index is 10.7. The van der Waals surface area contributed by atoms with E-state index in [0.717, 1.165) is 25.2 Å². The van der Waals surface area contributed by atoms with Crippen molar-refractivity contribution in [2.75, 3.05) is 13.1 Å². The highest BCUT2D eigenvalue weighted by molar-refractivity contribution is 5.83. The van der Waals surface area contributed by atoms with Crippen molar-refractivity contribution in [3.63, 3.8) is 0 Å². The Kier molecular flexibility index (Phi) is 7.60. The summed E-state index contributed by atoms with van der Waals surface area (Å²) in [6, 6.07) is 7.42. The lowest BCUT2D eigenvalue weighted by atomic mass is 10.1. The zero-order valence-electron chi connectivity index (χ0n) is 14.0. The van der Waals surface area contributed by atoms with Crippen LogP contribution in [0.5, 0.6) is 0 Å². The summed E-state index contributed by atoms with van der Waals surface area (Å²) < 4.78 is 0. The van der Waals surface area contributed by atoms with Crippen molar-refractivity contribution in [2.45, 2.75) is 34.2 Å². The molecular weight excluding hydrogens is 276 g/mol. The van der Waals surface area contributed by atoms with Gasteiger partial charge in [-0.05, 0) is 23.0 Å². The second-order valence-corrected chi connectivity index (χ2v) is 6.41. The third kappa shape index (κ3) is 7.22. The van der Waals surface area contributed by atoms with Crippen molar-refractivity contribution in [3.8, 4) is 0 Å². The minimum atomic E-state index is -0.657. The van der Waals surface area contributed by atoms with Crippen LogP contribution < -0.4 is 11.2 Å². The first-order valence-corrected chi connectivity index (χ1v) is 7.77. The van der Waals surface area contributed by atoms with Crippen LogP contribution in [0.3, 0.4) is 0 Å². The Hall–Kier alpha value is -1.88. The van der Waals surface area contributed by atoms with Gasteiger partial charge in [0.2, 0.25) is 0 Å². The molecule has 3 N–H and O–H groups in total. The number of nitrogens with zero attached hydrogens (tertiary/aromatic N) is 2. The van der Waals surface area contributed by atoms with Gasteiger partial charge in [-0.25, -0.2) is 10.2 Å². The second kappa shape index (κ2) is 9.20. The molecule has 5 heteroatoms. The first kappa shape index (κ1) is 18.2. The lowest BCUT2D eigenvalue weighted by molar-refractivity contribution is 0.211. The Morgan fingerprint density at radius 3 is 2.36 bits per heavy atom. The van der Waals surface area contributed by atoms with Crippen LogP contribution in [-0.2, 0) is 6.54 Å². The van der Waals surface area contributed by atoms with Gasteiger partial charge in [0.25, 0.3) is 0 Å². The van der Waals surface area contributed by atoms with Gasteiger partial charge in [-0.1, -0.05) is 52.0 Å². The quantitative estimate of drug-likeness (QED) is 0.572. The number of nitrogens with two attached hydrogens (primary N) is 1. The number of primary amides is 1. The molecule has 0 aliphatic heterocycles. The average molecular weight is 304 g/mol. The topological polar surface area (TPSA) is 70.7 Å². The lowest BCUT2D eigenvalue weighted by Gasteiger charge is -2.26. The van der Waals surface area contributed by atoms with E-state index >= 15 is 0 Å². The van der Waals surface area contributed by atoms with Crippen molar-refractivity contribution in [3.05, 3.63) is 35.4 Å². The largest absolute Gasteiger partial charge is 0.350 e. The van der Waals surface area contributed by atoms with Gasteiger partial charge in [0.15, 0.2) is 0 Å². The SMILES string of the molecule is CC(C)CN(Cc1ccccc1C=NNC(N)=O)CC(C)C. The predicted molar refractivity (Wildman–Crippen MR) is 91.7 cm³/mol. The Balaban J connectivity index is 2.84. The standard InChI is InChI=1S/C17H28N4O/c1-13(2)10-21(11-14(3)4)12-16-8-6-5-7-15(16)9-19-20-17(18)22/h5-9,13-14H,10-12H2,1-4H3,(H3,18,20,22). The Bertz CT molecular complexity index is 487. The van der Waals surface area contributed by atoms with Crippen LogP contribution in [0.4, 0.5) is 4.79 Å². The molecule has 0 fully saturated rings. The minimum Gasteiger partial charge on any atom is -0.350 e. The molecule has 5 nitrogen and oxygen atoms in total. The molecule has 0 unspecified atom stereocenters. The summed E-state index contributed by atoms with van der Waals surface area (Å²) in [5, 5.41) is 3.86. The molecule has 1 rings (SSSR count). The fraction of sp³-hybridized carbons (Fsp3) is 0.529. The summed E-state index contributed by atoms with van der Waals surface area (Å²) in [7, 11) is 0. The highest BCUT2D eigenvalue weighted by atomic mass is 16.2. The van der Waals surface area contributed by atoms with Crippen molar-refractivity contribution < 1.29 is 4.79 Å². The van der Waals surface area contributed by atoms with Crippen LogP contribution in [0.25, 0.3) is 0 Å². The number of carbonyl (C=O) groups excluding carboxylic acids is 1. The van der Waals surface area contributed by atoms with Gasteiger partial charge in [-0.2, -0.15) is 5.10 Å². The van der Waals surface area contributed by atoms with Gasteiger partial charge in [0.05, 0.1) is 6.21 Å². The molecule has 0 aliphatic rings. The molecular formula is C17H28N4O. The van der Waals surface area contributed by atoms with Crippen LogP contribution in [-0.4, -0.2) is 30.2 Å². The number of rotatable bonds is 8. The number of hydrazone groups is 1. The summed E-state index contributed by atoms with van der Waals surface area (Å²) in [6.07, 6.45) is 1.64. The van der Waals surface area contributed by atoms with Crippen LogP contribution in [0, 0.1) is 11.8 Å². The van der Waals surface area contributed by atoms with Crippen LogP contribution >= 0.6 is 0 Å². The minimum absolute atomic E-state index is 0.621. The fourth-order valence-corrected chi connectivity index (χ4v) is 2.45. The van der Waals surface area contributed by atoms with E-state index < -0.39 is 6.03 Å². The number of urea groups is 1. The number of amides is 2. The van der Waals surface area contributed by atoms with Gasteiger partial charge >= 0.3 is 6.03 Å². The summed E-state index contributed by atoms with van der Waals surface area (Å²) >= 11 is 0. The number of benzene rings is 1. The molecule has 0 radical (unpaired) electrons. The molecule has 0 saturated carbocycles. The van der Waals surface area contributed by atoms with E-state index in [4.69, 9.17) is 5.73 Å². The smallest absolute Gasteiger partial charge is 0.332 e. The van der Waals surface area contributed by atoms with Crippen molar-refractivity contribution in [2.24, 2.45) is 22.7 Å². The molecule has 0 heterocycles. The van der Waals surface area contributed by atoms with Gasteiger partial charge in [0, 0.05) is 19.6 Å². The van der Waals surface area contributed by atoms with Crippen molar-refractivity contribution in [1.82, 2.24) is 10.3 Å². The molecule has 1 aromatic rings. The Morgan fingerprint density at radius 1 is 1.23 bits per heavy atom. The zero-order valence-corrected chi connectivity index (χ0v) is 14.0. The Morgan fingerprint density at radius 2 is 1.82 bits per heavy atom. The molecule has 0 saturated heterocycles. The predicted octanol–water partition coefficient (Wildman–Crippen LogP) is 2.80. The third-order valence-electron chi connectivity index (χ3n) is 3.07. The molecule has 2 amide bonds. The molecule has 122 valence electrons. The number of hydrogen-bond donors (Lipinski definition) is 2. The average Bonchev–Trinajstić information content (AvgIpc) is 2.38. The van der Waals surface area contributed by atoms with Gasteiger partial charge in [-0.15, -0.1) is 0 Å². The fourth-order valence-electron chi connectivity index (χ4n) is 2.45. The highest BCUT2D eigenvalue weighted by Gasteiger charge is 2.11. The van der Waals surface area contributed by atoms with E-state index in [0.29, 0.717) is 11.8 Å². The molecule has 0 aliphatic carbocycles. The van der Waals surface area contributed by atoms with Crippen molar-refractivity contribution in [1.29, 1.82) is 0 Å². The molecule has 1 aromatic carbocycles. The molecule has 0 aromatic heterocycles. The zero-order chi connectivity index (χ0) is 16.5. The van der Waals surface area contributed by atoms with E-state index in [1.165, 1.54) is 5.56 Å². The van der Waals surface area contributed by atoms with Crippen LogP contribution in [0.2, 0.25) is 0 Å². The monoisotopic (exact) mass is 304 g/mol. The Labute approximate surface area is 133 Å². The molecule has 0 spiro atoms. The van der Waals surface area contributed by atoms with E-state index in [1.54, 1.807) is 6.21 Å². The van der Waals surface area contributed by atoms with Gasteiger partial charge in [-0.3, -0.25) is 4.90 Å². The summed E-state index contributed by atoms with van der Waals surface area (Å²) in [5.41, 5.74) is 9.43. The highest BCUT2D eigenvalue weighted by Crippen LogP contribution is 2.13. The van der Waals surface area contributed by atoms with Gasteiger partial charge < -0.3 is 5.73 Å². The van der Waals surface area contributed by atoms with Crippen LogP contribution in [0.15, 0.2) is 29.4 Å². The van der Waals surface area contributed by atoms with E-state index in [1.807, 2.05) is 18.2 Å². The first-order chi connectivity index (χ1) is 10.4. The summed E-state index contributed by atoms with van der Waals surface area (Å²) in [4.78, 5) is 13.1. The lowest BCUT2D eigenvalue weighted by Crippen LogP contribution is -2.31. The molecule has 0 atom stereocenters. The first-order valence-electron chi connectivity index (χ1n) is 7.77. The van der Waals surface area contributed by atoms with E-state index in [-0.39, 0.29) is 0 Å². The van der Waals surface area contributed by atoms with E-state index in [2.05, 4.69) is 49.2 Å². The number of hydrogen-bond acceptors (Lipinski definition) is 3. The third-order valence-corrected chi connectivity index (χ3v) is 3.07. The summed E-state index contributed by atoms with van der Waals surface area (Å²) in [5.74, 6) is 1.24.